The van der Waals surface area contributed by atoms with Gasteiger partial charge in [-0.2, -0.15) is 0 Å². The molecule has 4 aromatic carbocycles. The first-order valence-corrected chi connectivity index (χ1v) is 12.7. The van der Waals surface area contributed by atoms with Crippen molar-refractivity contribution in [1.82, 2.24) is 4.98 Å². The number of nitrogens with zero attached hydrogens (tertiary/aromatic N) is 1. The minimum atomic E-state index is -0.852. The number of carbonyl (C=O) groups is 1. The van der Waals surface area contributed by atoms with Crippen LogP contribution in [0.5, 0.6) is 5.75 Å². The molecule has 1 aromatic heterocycles. The van der Waals surface area contributed by atoms with E-state index in [4.69, 9.17) is 14.9 Å². The predicted molar refractivity (Wildman–Crippen MR) is 148 cm³/mol. The largest absolute Gasteiger partial charge is 0.493 e. The Morgan fingerprint density at radius 3 is 2.11 bits per heavy atom. The zero-order valence-electron chi connectivity index (χ0n) is 21.2. The number of rotatable bonds is 10. The maximum absolute atomic E-state index is 13.7. The van der Waals surface area contributed by atoms with Gasteiger partial charge in [0.05, 0.1) is 24.3 Å². The molecule has 0 fully saturated rings. The van der Waals surface area contributed by atoms with Crippen LogP contribution in [-0.4, -0.2) is 17.4 Å². The second kappa shape index (κ2) is 11.7. The molecule has 0 aliphatic heterocycles. The summed E-state index contributed by atoms with van der Waals surface area (Å²) in [4.78, 5) is 18.3. The summed E-state index contributed by atoms with van der Waals surface area (Å²) in [5.74, 6) is 1.33. The van der Waals surface area contributed by atoms with Crippen LogP contribution in [0.1, 0.15) is 40.1 Å². The Labute approximate surface area is 222 Å². The van der Waals surface area contributed by atoms with Crippen LogP contribution >= 0.6 is 0 Å². The van der Waals surface area contributed by atoms with Crippen LogP contribution in [0.3, 0.4) is 0 Å². The van der Waals surface area contributed by atoms with Crippen molar-refractivity contribution in [3.05, 3.63) is 143 Å². The molecule has 0 bridgehead atoms. The van der Waals surface area contributed by atoms with Gasteiger partial charge in [-0.05, 0) is 41.8 Å². The number of aromatic nitrogens is 1. The van der Waals surface area contributed by atoms with Crippen molar-refractivity contribution in [3.63, 3.8) is 0 Å². The molecule has 5 nitrogen and oxygen atoms in total. The highest BCUT2D eigenvalue weighted by Crippen LogP contribution is 2.31. The van der Waals surface area contributed by atoms with Crippen molar-refractivity contribution >= 4 is 5.78 Å². The molecule has 1 radical (unpaired) electrons. The number of carbonyl (C=O) groups excluding carboxylic acids is 1. The first-order valence-electron chi connectivity index (χ1n) is 12.7. The molecule has 0 saturated heterocycles. The number of ether oxygens (including phenoxy) is 1. The summed E-state index contributed by atoms with van der Waals surface area (Å²) in [6, 6.07) is 37.1. The van der Waals surface area contributed by atoms with Gasteiger partial charge in [0.1, 0.15) is 11.5 Å². The van der Waals surface area contributed by atoms with E-state index in [1.165, 1.54) is 0 Å². The third-order valence-electron chi connectivity index (χ3n) is 6.49. The monoisotopic (exact) mass is 501 g/mol. The van der Waals surface area contributed by atoms with E-state index in [2.05, 4.69) is 11.1 Å². The van der Waals surface area contributed by atoms with Crippen LogP contribution in [0.15, 0.2) is 114 Å². The first kappa shape index (κ1) is 25.2. The summed E-state index contributed by atoms with van der Waals surface area (Å²) in [7, 11) is 0. The highest BCUT2D eigenvalue weighted by molar-refractivity contribution is 5.94. The van der Waals surface area contributed by atoms with E-state index in [0.717, 1.165) is 28.1 Å². The van der Waals surface area contributed by atoms with Crippen molar-refractivity contribution in [2.45, 2.75) is 25.3 Å². The zero-order valence-corrected chi connectivity index (χ0v) is 21.2. The van der Waals surface area contributed by atoms with Crippen LogP contribution in [0.4, 0.5) is 0 Å². The first-order chi connectivity index (χ1) is 18.6. The average Bonchev–Trinajstić information content (AvgIpc) is 3.34. The smallest absolute Gasteiger partial charge is 0.226 e. The normalized spacial score (nSPS) is 11.9. The summed E-state index contributed by atoms with van der Waals surface area (Å²) >= 11 is 0. The number of hydrogen-bond donors (Lipinski definition) is 1. The summed E-state index contributed by atoms with van der Waals surface area (Å²) in [5.41, 5.74) is 10.7. The number of Topliss-reactive ketones (excluding diaryl/α,β-unsaturated/α-hetero) is 1. The SMILES string of the molecule is Cc1oc(-c2ccccc2)nc1CCOc1[c]c(C(N)C(=O)C(c2ccccc2)c2ccccc2)ccc1. The van der Waals surface area contributed by atoms with Crippen molar-refractivity contribution in [2.24, 2.45) is 5.73 Å². The number of hydrogen-bond acceptors (Lipinski definition) is 5. The van der Waals surface area contributed by atoms with Crippen LogP contribution in [-0.2, 0) is 11.2 Å². The minimum absolute atomic E-state index is 0.0949. The lowest BCUT2D eigenvalue weighted by Crippen LogP contribution is -2.28. The molecule has 0 saturated carbocycles. The van der Waals surface area contributed by atoms with Crippen LogP contribution in [0.2, 0.25) is 0 Å². The molecule has 0 amide bonds. The van der Waals surface area contributed by atoms with Crippen LogP contribution in [0.25, 0.3) is 11.5 Å². The number of benzene rings is 4. The molecule has 2 N–H and O–H groups in total. The Hall–Kier alpha value is -4.48. The molecule has 0 aliphatic carbocycles. The van der Waals surface area contributed by atoms with Gasteiger partial charge >= 0.3 is 0 Å². The summed E-state index contributed by atoms with van der Waals surface area (Å²) in [6.07, 6.45) is 0.579. The molecule has 1 unspecified atom stereocenters. The number of aryl methyl sites for hydroxylation is 1. The summed E-state index contributed by atoms with van der Waals surface area (Å²) in [6.45, 7) is 2.30. The third-order valence-corrected chi connectivity index (χ3v) is 6.49. The second-order valence-electron chi connectivity index (χ2n) is 9.09. The average molecular weight is 502 g/mol. The van der Waals surface area contributed by atoms with Crippen molar-refractivity contribution in [1.29, 1.82) is 0 Å². The fourth-order valence-electron chi connectivity index (χ4n) is 4.50. The van der Waals surface area contributed by atoms with E-state index >= 15 is 0 Å². The van der Waals surface area contributed by atoms with E-state index in [0.29, 0.717) is 30.2 Å². The molecule has 38 heavy (non-hydrogen) atoms. The topological polar surface area (TPSA) is 78.3 Å². The van der Waals surface area contributed by atoms with Crippen molar-refractivity contribution in [2.75, 3.05) is 6.61 Å². The molecule has 5 heteroatoms. The third kappa shape index (κ3) is 5.74. The van der Waals surface area contributed by atoms with Gasteiger partial charge in [-0.15, -0.1) is 0 Å². The summed E-state index contributed by atoms with van der Waals surface area (Å²) < 4.78 is 11.8. The Morgan fingerprint density at radius 1 is 0.868 bits per heavy atom. The zero-order chi connectivity index (χ0) is 26.3. The van der Waals surface area contributed by atoms with E-state index in [1.807, 2.05) is 116 Å². The molecular formula is C33H29N2O3. The van der Waals surface area contributed by atoms with Crippen LogP contribution < -0.4 is 10.5 Å². The van der Waals surface area contributed by atoms with Gasteiger partial charge in [-0.25, -0.2) is 4.98 Å². The van der Waals surface area contributed by atoms with E-state index in [-0.39, 0.29) is 5.78 Å². The lowest BCUT2D eigenvalue weighted by atomic mass is 9.83. The Balaban J connectivity index is 1.28. The molecule has 189 valence electrons. The molecule has 1 heterocycles. The van der Waals surface area contributed by atoms with E-state index < -0.39 is 12.0 Å². The number of nitrogens with two attached hydrogens (primary N) is 1. The van der Waals surface area contributed by atoms with Crippen molar-refractivity contribution < 1.29 is 13.9 Å². The van der Waals surface area contributed by atoms with Crippen molar-refractivity contribution in [3.8, 4) is 17.2 Å². The molecule has 0 spiro atoms. The molecule has 1 atom stereocenters. The number of oxazole rings is 1. The van der Waals surface area contributed by atoms with Gasteiger partial charge in [-0.1, -0.05) is 91.0 Å². The lowest BCUT2D eigenvalue weighted by Gasteiger charge is -2.21. The minimum Gasteiger partial charge on any atom is -0.493 e. The molecule has 5 rings (SSSR count). The fourth-order valence-corrected chi connectivity index (χ4v) is 4.50. The van der Waals surface area contributed by atoms with Gasteiger partial charge in [0.15, 0.2) is 5.78 Å². The molecule has 5 aromatic rings. The lowest BCUT2D eigenvalue weighted by molar-refractivity contribution is -0.121. The maximum atomic E-state index is 13.7. The second-order valence-corrected chi connectivity index (χ2v) is 9.09. The molecule has 0 aliphatic rings. The van der Waals surface area contributed by atoms with Gasteiger partial charge < -0.3 is 14.9 Å². The standard InChI is InChI=1S/C33H29N2O3/c1-23-29(35-33(38-23)26-16-9-4-10-17-26)20-21-37-28-19-11-18-27(22-28)31(34)32(36)30(24-12-5-2-6-13-24)25-14-7-3-8-15-25/h2-19,30-31H,20-21,34H2,1H3. The van der Waals surface area contributed by atoms with Crippen LogP contribution in [0, 0.1) is 13.0 Å². The Bertz CT molecular complexity index is 1440. The van der Waals surface area contributed by atoms with E-state index in [1.54, 1.807) is 0 Å². The Kier molecular flexibility index (Phi) is 7.76. The highest BCUT2D eigenvalue weighted by Gasteiger charge is 2.28. The highest BCUT2D eigenvalue weighted by atomic mass is 16.5. The quantitative estimate of drug-likeness (QED) is 0.237. The van der Waals surface area contributed by atoms with Gasteiger partial charge in [0, 0.05) is 18.1 Å². The summed E-state index contributed by atoms with van der Waals surface area (Å²) in [5, 5.41) is 0. The van der Waals surface area contributed by atoms with E-state index in [9.17, 15) is 4.79 Å². The predicted octanol–water partition coefficient (Wildman–Crippen LogP) is 6.47. The van der Waals surface area contributed by atoms with Gasteiger partial charge in [0.25, 0.3) is 0 Å². The fraction of sp³-hybridized carbons (Fsp3) is 0.152. The Morgan fingerprint density at radius 2 is 1.47 bits per heavy atom. The van der Waals surface area contributed by atoms with Gasteiger partial charge in [0.2, 0.25) is 5.89 Å². The molecular weight excluding hydrogens is 472 g/mol. The number of ketones is 1. The maximum Gasteiger partial charge on any atom is 0.226 e. The van der Waals surface area contributed by atoms with Gasteiger partial charge in [-0.3, -0.25) is 4.79 Å².